The van der Waals surface area contributed by atoms with Gasteiger partial charge in [0.05, 0.1) is 0 Å². The third-order valence-corrected chi connectivity index (χ3v) is 3.82. The van der Waals surface area contributed by atoms with Gasteiger partial charge >= 0.3 is 0 Å². The summed E-state index contributed by atoms with van der Waals surface area (Å²) in [6.07, 6.45) is 3.83. The molecule has 0 fully saturated rings. The number of aromatic nitrogens is 2. The zero-order chi connectivity index (χ0) is 13.0. The fourth-order valence-electron chi connectivity index (χ4n) is 2.04. The molecule has 18 heavy (non-hydrogen) atoms. The van der Waals surface area contributed by atoms with E-state index in [-0.39, 0.29) is 0 Å². The van der Waals surface area contributed by atoms with Crippen molar-refractivity contribution in [2.45, 2.75) is 18.8 Å². The van der Waals surface area contributed by atoms with E-state index in [0.717, 1.165) is 17.9 Å². The minimum atomic E-state index is 0.360. The van der Waals surface area contributed by atoms with Crippen molar-refractivity contribution in [2.24, 2.45) is 7.05 Å². The van der Waals surface area contributed by atoms with Gasteiger partial charge in [-0.1, -0.05) is 23.7 Å². The van der Waals surface area contributed by atoms with E-state index in [1.165, 1.54) is 11.3 Å². The van der Waals surface area contributed by atoms with Gasteiger partial charge in [0.25, 0.3) is 0 Å². The number of benzene rings is 1. The normalized spacial score (nSPS) is 12.6. The number of alkyl halides is 1. The Hall–Kier alpha value is -0.990. The van der Waals surface area contributed by atoms with Crippen LogP contribution in [0.25, 0.3) is 0 Å². The summed E-state index contributed by atoms with van der Waals surface area (Å²) in [4.78, 5) is 0. The smallest absolute Gasteiger partial charge is 0.0492 e. The Morgan fingerprint density at radius 3 is 2.50 bits per heavy atom. The summed E-state index contributed by atoms with van der Waals surface area (Å²) in [5.41, 5.74) is 2.48. The molecule has 96 valence electrons. The van der Waals surface area contributed by atoms with Crippen LogP contribution in [0.15, 0.2) is 36.5 Å². The Morgan fingerprint density at radius 2 is 1.94 bits per heavy atom. The van der Waals surface area contributed by atoms with E-state index in [9.17, 15) is 0 Å². The number of rotatable bonds is 5. The molecule has 1 aromatic heterocycles. The maximum atomic E-state index is 6.07. The van der Waals surface area contributed by atoms with Crippen LogP contribution in [0.4, 0.5) is 0 Å². The predicted octanol–water partition coefficient (Wildman–Crippen LogP) is 4.03. The third kappa shape index (κ3) is 3.27. The lowest BCUT2D eigenvalue weighted by molar-refractivity contribution is 0.634. The number of nitrogens with zero attached hydrogens (tertiary/aromatic N) is 2. The zero-order valence-corrected chi connectivity index (χ0v) is 11.8. The summed E-state index contributed by atoms with van der Waals surface area (Å²) in [7, 11) is 1.97. The third-order valence-electron chi connectivity index (χ3n) is 3.20. The molecule has 0 aliphatic rings. The average Bonchev–Trinajstić information content (AvgIpc) is 2.78. The molecule has 0 amide bonds. The minimum Gasteiger partial charge on any atom is -0.273 e. The second-order valence-corrected chi connectivity index (χ2v) is 5.13. The maximum absolute atomic E-state index is 6.07. The molecule has 4 heteroatoms. The molecule has 0 saturated carbocycles. The average molecular weight is 283 g/mol. The molecule has 2 aromatic rings. The fourth-order valence-corrected chi connectivity index (χ4v) is 2.49. The van der Waals surface area contributed by atoms with Crippen molar-refractivity contribution in [2.75, 3.05) is 5.88 Å². The van der Waals surface area contributed by atoms with Gasteiger partial charge in [0.15, 0.2) is 0 Å². The van der Waals surface area contributed by atoms with Gasteiger partial charge < -0.3 is 0 Å². The summed E-state index contributed by atoms with van der Waals surface area (Å²) in [5.74, 6) is 0.985. The lowest BCUT2D eigenvalue weighted by Crippen LogP contribution is -2.05. The number of hydrogen-bond donors (Lipinski definition) is 0. The molecule has 0 radical (unpaired) electrons. The first-order valence-electron chi connectivity index (χ1n) is 5.99. The van der Waals surface area contributed by atoms with E-state index in [4.69, 9.17) is 23.2 Å². The largest absolute Gasteiger partial charge is 0.273 e. The molecule has 0 aliphatic carbocycles. The molecule has 0 N–H and O–H groups in total. The van der Waals surface area contributed by atoms with Gasteiger partial charge in [-0.3, -0.25) is 4.68 Å². The van der Waals surface area contributed by atoms with Crippen molar-refractivity contribution in [1.29, 1.82) is 0 Å². The predicted molar refractivity (Wildman–Crippen MR) is 76.4 cm³/mol. The summed E-state index contributed by atoms with van der Waals surface area (Å²) in [5, 5.41) is 4.93. The molecular weight excluding hydrogens is 267 g/mol. The first-order valence-corrected chi connectivity index (χ1v) is 6.90. The van der Waals surface area contributed by atoms with E-state index in [0.29, 0.717) is 11.8 Å². The highest BCUT2D eigenvalue weighted by molar-refractivity contribution is 6.30. The van der Waals surface area contributed by atoms with Crippen LogP contribution < -0.4 is 0 Å². The highest BCUT2D eigenvalue weighted by atomic mass is 35.5. The molecule has 2 nitrogen and oxygen atoms in total. The first kappa shape index (κ1) is 13.4. The highest BCUT2D eigenvalue weighted by Crippen LogP contribution is 2.24. The first-order chi connectivity index (χ1) is 8.70. The van der Waals surface area contributed by atoms with Gasteiger partial charge in [0, 0.05) is 29.8 Å². The lowest BCUT2D eigenvalue weighted by Gasteiger charge is -2.14. The zero-order valence-electron chi connectivity index (χ0n) is 10.3. The van der Waals surface area contributed by atoms with E-state index in [1.54, 1.807) is 0 Å². The summed E-state index contributed by atoms with van der Waals surface area (Å²) >= 11 is 12.0. The second-order valence-electron chi connectivity index (χ2n) is 4.39. The molecule has 1 atom stereocenters. The van der Waals surface area contributed by atoms with Crippen molar-refractivity contribution in [3.63, 3.8) is 0 Å². The maximum Gasteiger partial charge on any atom is 0.0492 e. The van der Waals surface area contributed by atoms with Crippen molar-refractivity contribution >= 4 is 23.2 Å². The van der Waals surface area contributed by atoms with Crippen LogP contribution >= 0.6 is 23.2 Å². The van der Waals surface area contributed by atoms with Gasteiger partial charge in [-0.05, 0) is 42.5 Å². The van der Waals surface area contributed by atoms with Crippen LogP contribution in [0, 0.1) is 0 Å². The Morgan fingerprint density at radius 1 is 1.22 bits per heavy atom. The molecule has 2 rings (SSSR count). The number of halogens is 2. The minimum absolute atomic E-state index is 0.360. The molecule has 0 spiro atoms. The fraction of sp³-hybridized carbons (Fsp3) is 0.357. The van der Waals surface area contributed by atoms with Crippen LogP contribution in [-0.4, -0.2) is 15.7 Å². The SMILES string of the molecule is Cn1nccc1CCC(CCl)c1ccc(Cl)cc1. The van der Waals surface area contributed by atoms with Crippen molar-refractivity contribution < 1.29 is 0 Å². The summed E-state index contributed by atoms with van der Waals surface area (Å²) in [6.45, 7) is 0. The van der Waals surface area contributed by atoms with E-state index >= 15 is 0 Å². The van der Waals surface area contributed by atoms with Crippen LogP contribution in [0.1, 0.15) is 23.6 Å². The van der Waals surface area contributed by atoms with Crippen LogP contribution in [0.2, 0.25) is 5.02 Å². The second kappa shape index (κ2) is 6.26. The molecule has 0 bridgehead atoms. The Kier molecular flexibility index (Phi) is 4.67. The van der Waals surface area contributed by atoms with Crippen LogP contribution in [-0.2, 0) is 13.5 Å². The quantitative estimate of drug-likeness (QED) is 0.757. The summed E-state index contributed by atoms with van der Waals surface area (Å²) < 4.78 is 1.91. The van der Waals surface area contributed by atoms with Crippen LogP contribution in [0.3, 0.4) is 0 Å². The number of hydrogen-bond acceptors (Lipinski definition) is 1. The number of aryl methyl sites for hydroxylation is 2. The van der Waals surface area contributed by atoms with Gasteiger partial charge in [-0.15, -0.1) is 11.6 Å². The molecule has 1 aromatic carbocycles. The molecule has 0 aliphatic heterocycles. The van der Waals surface area contributed by atoms with Crippen LogP contribution in [0.5, 0.6) is 0 Å². The molecule has 1 unspecified atom stereocenters. The van der Waals surface area contributed by atoms with Gasteiger partial charge in [0.1, 0.15) is 0 Å². The van der Waals surface area contributed by atoms with E-state index in [1.807, 2.05) is 36.1 Å². The van der Waals surface area contributed by atoms with E-state index in [2.05, 4.69) is 17.2 Å². The molecule has 1 heterocycles. The van der Waals surface area contributed by atoms with Gasteiger partial charge in [0.2, 0.25) is 0 Å². The lowest BCUT2D eigenvalue weighted by atomic mass is 9.95. The standard InChI is InChI=1S/C14H16Cl2N2/c1-18-14(8-9-17-18)7-4-12(10-15)11-2-5-13(16)6-3-11/h2-3,5-6,8-9,12H,4,7,10H2,1H3. The molecular formula is C14H16Cl2N2. The Balaban J connectivity index is 2.01. The van der Waals surface area contributed by atoms with Gasteiger partial charge in [-0.25, -0.2) is 0 Å². The van der Waals surface area contributed by atoms with E-state index < -0.39 is 0 Å². The Labute approximate surface area is 118 Å². The molecule has 0 saturated heterocycles. The highest BCUT2D eigenvalue weighted by Gasteiger charge is 2.11. The van der Waals surface area contributed by atoms with Gasteiger partial charge in [-0.2, -0.15) is 5.10 Å². The topological polar surface area (TPSA) is 17.8 Å². The van der Waals surface area contributed by atoms with Crippen molar-refractivity contribution in [1.82, 2.24) is 9.78 Å². The van der Waals surface area contributed by atoms with Crippen molar-refractivity contribution in [3.05, 3.63) is 52.8 Å². The Bertz CT molecular complexity index is 491. The van der Waals surface area contributed by atoms with Crippen molar-refractivity contribution in [3.8, 4) is 0 Å². The summed E-state index contributed by atoms with van der Waals surface area (Å²) in [6, 6.07) is 9.99. The monoisotopic (exact) mass is 282 g/mol.